The Labute approximate surface area is 181 Å². The van der Waals surface area contributed by atoms with Crippen LogP contribution in [0, 0.1) is 20.8 Å². The minimum absolute atomic E-state index is 0.283. The molecule has 0 saturated carbocycles. The third kappa shape index (κ3) is 5.49. The summed E-state index contributed by atoms with van der Waals surface area (Å²) >= 11 is 6.01. The van der Waals surface area contributed by atoms with Gasteiger partial charge in [-0.3, -0.25) is 4.79 Å². The SMILES string of the molecule is Cc1ccc(C(=O)[C@H](OC(=O)COc2ccc(Cl)c(C)c2)c2ccc(C)cc2)cc1. The Kier molecular flexibility index (Phi) is 6.91. The lowest BCUT2D eigenvalue weighted by atomic mass is 9.98. The summed E-state index contributed by atoms with van der Waals surface area (Å²) in [6.07, 6.45) is -1.05. The van der Waals surface area contributed by atoms with Crippen molar-refractivity contribution in [2.24, 2.45) is 0 Å². The molecule has 3 rings (SSSR count). The van der Waals surface area contributed by atoms with E-state index in [2.05, 4.69) is 0 Å². The van der Waals surface area contributed by atoms with Gasteiger partial charge in [0.15, 0.2) is 12.7 Å². The number of carbonyl (C=O) groups excluding carboxylic acids is 2. The molecule has 0 N–H and O–H groups in total. The largest absolute Gasteiger partial charge is 0.482 e. The molecular formula is C25H23ClO4. The number of aryl methyl sites for hydroxylation is 3. The first-order valence-corrected chi connectivity index (χ1v) is 9.97. The van der Waals surface area contributed by atoms with Crippen molar-refractivity contribution >= 4 is 23.4 Å². The van der Waals surface area contributed by atoms with Crippen molar-refractivity contribution in [3.05, 3.63) is 99.6 Å². The highest BCUT2D eigenvalue weighted by molar-refractivity contribution is 6.31. The number of carbonyl (C=O) groups is 2. The van der Waals surface area contributed by atoms with Crippen LogP contribution in [0.15, 0.2) is 66.7 Å². The van der Waals surface area contributed by atoms with E-state index in [1.54, 1.807) is 42.5 Å². The number of benzene rings is 3. The molecule has 3 aromatic rings. The molecule has 0 spiro atoms. The number of esters is 1. The van der Waals surface area contributed by atoms with Gasteiger partial charge < -0.3 is 9.47 Å². The summed E-state index contributed by atoms with van der Waals surface area (Å²) in [7, 11) is 0. The van der Waals surface area contributed by atoms with Crippen molar-refractivity contribution in [2.45, 2.75) is 26.9 Å². The zero-order chi connectivity index (χ0) is 21.7. The molecule has 0 radical (unpaired) electrons. The number of Topliss-reactive ketones (excluding diaryl/α,β-unsaturated/α-hetero) is 1. The average Bonchev–Trinajstić information content (AvgIpc) is 2.74. The van der Waals surface area contributed by atoms with Crippen molar-refractivity contribution in [3.8, 4) is 5.75 Å². The standard InChI is InChI=1S/C25H23ClO4/c1-16-4-8-19(9-5-16)24(28)25(20-10-6-17(2)7-11-20)30-23(27)15-29-21-12-13-22(26)18(3)14-21/h4-14,25H,15H2,1-3H3/t25-/m1/s1. The van der Waals surface area contributed by atoms with E-state index >= 15 is 0 Å². The summed E-state index contributed by atoms with van der Waals surface area (Å²) in [5.74, 6) is -0.409. The lowest BCUT2D eigenvalue weighted by molar-refractivity contribution is -0.149. The molecule has 0 heterocycles. The summed E-state index contributed by atoms with van der Waals surface area (Å²) in [6, 6.07) is 19.7. The number of ether oxygens (including phenoxy) is 2. The Morgan fingerprint density at radius 2 is 1.47 bits per heavy atom. The molecule has 0 saturated heterocycles. The van der Waals surface area contributed by atoms with Crippen LogP contribution in [0.4, 0.5) is 0 Å². The van der Waals surface area contributed by atoms with Gasteiger partial charge in [-0.1, -0.05) is 71.3 Å². The number of hydrogen-bond acceptors (Lipinski definition) is 4. The molecular weight excluding hydrogens is 400 g/mol. The van der Waals surface area contributed by atoms with Crippen molar-refractivity contribution in [2.75, 3.05) is 6.61 Å². The van der Waals surface area contributed by atoms with Crippen molar-refractivity contribution in [1.82, 2.24) is 0 Å². The van der Waals surface area contributed by atoms with E-state index in [9.17, 15) is 9.59 Å². The zero-order valence-corrected chi connectivity index (χ0v) is 17.9. The molecule has 154 valence electrons. The van der Waals surface area contributed by atoms with Crippen LogP contribution in [0.5, 0.6) is 5.75 Å². The minimum Gasteiger partial charge on any atom is -0.482 e. The highest BCUT2D eigenvalue weighted by atomic mass is 35.5. The van der Waals surface area contributed by atoms with Crippen LogP contribution in [-0.4, -0.2) is 18.4 Å². The van der Waals surface area contributed by atoms with Crippen molar-refractivity contribution in [1.29, 1.82) is 0 Å². The van der Waals surface area contributed by atoms with Crippen LogP contribution in [0.25, 0.3) is 0 Å². The number of halogens is 1. The fraction of sp³-hybridized carbons (Fsp3) is 0.200. The quantitative estimate of drug-likeness (QED) is 0.356. The molecule has 0 fully saturated rings. The van der Waals surface area contributed by atoms with Gasteiger partial charge in [-0.05, 0) is 44.5 Å². The summed E-state index contributed by atoms with van der Waals surface area (Å²) in [5.41, 5.74) is 4.03. The van der Waals surface area contributed by atoms with Gasteiger partial charge in [0, 0.05) is 16.1 Å². The molecule has 0 aromatic heterocycles. The van der Waals surface area contributed by atoms with E-state index in [1.165, 1.54) is 0 Å². The van der Waals surface area contributed by atoms with Gasteiger partial charge in [-0.15, -0.1) is 0 Å². The first-order chi connectivity index (χ1) is 14.3. The lowest BCUT2D eigenvalue weighted by Gasteiger charge is -2.18. The molecule has 5 heteroatoms. The van der Waals surface area contributed by atoms with E-state index in [4.69, 9.17) is 21.1 Å². The normalized spacial score (nSPS) is 11.6. The minimum atomic E-state index is -1.05. The smallest absolute Gasteiger partial charge is 0.345 e. The Bertz CT molecular complexity index is 1040. The maximum absolute atomic E-state index is 13.1. The molecule has 0 unspecified atom stereocenters. The van der Waals surface area contributed by atoms with E-state index in [0.717, 1.165) is 16.7 Å². The third-order valence-electron chi connectivity index (χ3n) is 4.69. The first-order valence-electron chi connectivity index (χ1n) is 9.59. The number of ketones is 1. The number of rotatable bonds is 7. The van der Waals surface area contributed by atoms with Gasteiger partial charge in [0.2, 0.25) is 5.78 Å². The van der Waals surface area contributed by atoms with Gasteiger partial charge in [-0.25, -0.2) is 4.79 Å². The maximum atomic E-state index is 13.1. The highest BCUT2D eigenvalue weighted by Crippen LogP contribution is 2.25. The molecule has 3 aromatic carbocycles. The fourth-order valence-corrected chi connectivity index (χ4v) is 3.02. The van der Waals surface area contributed by atoms with Gasteiger partial charge in [0.05, 0.1) is 0 Å². The Balaban J connectivity index is 1.76. The summed E-state index contributed by atoms with van der Waals surface area (Å²) in [6.45, 7) is 5.43. The van der Waals surface area contributed by atoms with Crippen LogP contribution in [-0.2, 0) is 9.53 Å². The topological polar surface area (TPSA) is 52.6 Å². The second-order valence-electron chi connectivity index (χ2n) is 7.21. The van der Waals surface area contributed by atoms with E-state index < -0.39 is 12.1 Å². The van der Waals surface area contributed by atoms with Gasteiger partial charge >= 0.3 is 5.97 Å². The molecule has 30 heavy (non-hydrogen) atoms. The predicted molar refractivity (Wildman–Crippen MR) is 117 cm³/mol. The molecule has 4 nitrogen and oxygen atoms in total. The molecule has 0 aliphatic carbocycles. The summed E-state index contributed by atoms with van der Waals surface area (Å²) < 4.78 is 11.1. The molecule has 1 atom stereocenters. The van der Waals surface area contributed by atoms with Gasteiger partial charge in [0.25, 0.3) is 0 Å². The molecule has 0 aliphatic rings. The van der Waals surface area contributed by atoms with Crippen LogP contribution in [0.3, 0.4) is 0 Å². The van der Waals surface area contributed by atoms with Crippen LogP contribution >= 0.6 is 11.6 Å². The van der Waals surface area contributed by atoms with Crippen molar-refractivity contribution < 1.29 is 19.1 Å². The van der Waals surface area contributed by atoms with E-state index in [1.807, 2.05) is 45.0 Å². The molecule has 0 aliphatic heterocycles. The number of hydrogen-bond donors (Lipinski definition) is 0. The molecule has 0 amide bonds. The summed E-state index contributed by atoms with van der Waals surface area (Å²) in [5, 5.41) is 0.619. The summed E-state index contributed by atoms with van der Waals surface area (Å²) in [4.78, 5) is 25.6. The molecule has 0 bridgehead atoms. The Hall–Kier alpha value is -3.11. The van der Waals surface area contributed by atoms with Crippen LogP contribution < -0.4 is 4.74 Å². The highest BCUT2D eigenvalue weighted by Gasteiger charge is 2.26. The average molecular weight is 423 g/mol. The zero-order valence-electron chi connectivity index (χ0n) is 17.1. The van der Waals surface area contributed by atoms with Crippen LogP contribution in [0.2, 0.25) is 5.02 Å². The fourth-order valence-electron chi connectivity index (χ4n) is 2.90. The first kappa shape index (κ1) is 21.6. The van der Waals surface area contributed by atoms with Crippen LogP contribution in [0.1, 0.15) is 38.7 Å². The van der Waals surface area contributed by atoms with E-state index in [-0.39, 0.29) is 12.4 Å². The maximum Gasteiger partial charge on any atom is 0.345 e. The second kappa shape index (κ2) is 9.59. The Morgan fingerprint density at radius 1 is 0.867 bits per heavy atom. The van der Waals surface area contributed by atoms with Crippen molar-refractivity contribution in [3.63, 3.8) is 0 Å². The van der Waals surface area contributed by atoms with Gasteiger partial charge in [0.1, 0.15) is 5.75 Å². The second-order valence-corrected chi connectivity index (χ2v) is 7.62. The predicted octanol–water partition coefficient (Wildman–Crippen LogP) is 5.81. The lowest BCUT2D eigenvalue weighted by Crippen LogP contribution is -2.23. The van der Waals surface area contributed by atoms with Gasteiger partial charge in [-0.2, -0.15) is 0 Å². The Morgan fingerprint density at radius 3 is 2.07 bits per heavy atom. The van der Waals surface area contributed by atoms with E-state index in [0.29, 0.717) is 21.9 Å². The monoisotopic (exact) mass is 422 g/mol. The third-order valence-corrected chi connectivity index (χ3v) is 5.11.